The number of rotatable bonds is 5. The topological polar surface area (TPSA) is 55.8 Å². The lowest BCUT2D eigenvalue weighted by molar-refractivity contribution is -0.152. The van der Waals surface area contributed by atoms with Crippen LogP contribution in [-0.4, -0.2) is 24.8 Å². The number of benzene rings is 1. The number of ether oxygens (including phenoxy) is 2. The van der Waals surface area contributed by atoms with Crippen molar-refractivity contribution in [2.24, 2.45) is 5.41 Å². The third-order valence-corrected chi connectivity index (χ3v) is 3.01. The van der Waals surface area contributed by atoms with Crippen LogP contribution in [0.2, 0.25) is 0 Å². The molecule has 0 amide bonds. The van der Waals surface area contributed by atoms with Gasteiger partial charge in [0.1, 0.15) is 12.4 Å². The molecule has 1 rings (SSSR count). The average molecular weight is 317 g/mol. The van der Waals surface area contributed by atoms with Crippen LogP contribution in [0.3, 0.4) is 0 Å². The molecule has 0 aliphatic heterocycles. The lowest BCUT2D eigenvalue weighted by atomic mass is 9.95. The number of hydrogen-bond donors (Lipinski definition) is 1. The third kappa shape index (κ3) is 3.71. The highest BCUT2D eigenvalue weighted by atomic mass is 79.9. The molecule has 0 spiro atoms. The second-order valence-electron chi connectivity index (χ2n) is 4.57. The Bertz CT molecular complexity index is 429. The third-order valence-electron chi connectivity index (χ3n) is 2.52. The van der Waals surface area contributed by atoms with Gasteiger partial charge in [0.25, 0.3) is 0 Å². The van der Waals surface area contributed by atoms with Gasteiger partial charge in [-0.3, -0.25) is 4.79 Å². The summed E-state index contributed by atoms with van der Waals surface area (Å²) in [4.78, 5) is 11.5. The molecule has 0 radical (unpaired) electrons. The lowest BCUT2D eigenvalue weighted by Crippen LogP contribution is -2.32. The van der Waals surface area contributed by atoms with Crippen LogP contribution >= 0.6 is 15.9 Å². The Morgan fingerprint density at radius 1 is 1.44 bits per heavy atom. The quantitative estimate of drug-likeness (QED) is 0.848. The molecule has 0 fully saturated rings. The van der Waals surface area contributed by atoms with Crippen molar-refractivity contribution in [1.82, 2.24) is 0 Å². The smallest absolute Gasteiger partial charge is 0.314 e. The van der Waals surface area contributed by atoms with E-state index in [0.717, 1.165) is 4.47 Å². The lowest BCUT2D eigenvalue weighted by Gasteiger charge is -2.22. The second-order valence-corrected chi connectivity index (χ2v) is 5.49. The largest absolute Gasteiger partial charge is 0.492 e. The SMILES string of the molecule is COC(=O)C(C)(C)COc1ccc(Br)cc1CO. The van der Waals surface area contributed by atoms with Crippen molar-refractivity contribution in [3.8, 4) is 5.75 Å². The minimum Gasteiger partial charge on any atom is -0.492 e. The number of carbonyl (C=O) groups excluding carboxylic acids is 1. The van der Waals surface area contributed by atoms with E-state index in [9.17, 15) is 9.90 Å². The zero-order chi connectivity index (χ0) is 13.8. The van der Waals surface area contributed by atoms with Crippen molar-refractivity contribution in [3.63, 3.8) is 0 Å². The molecule has 4 nitrogen and oxygen atoms in total. The van der Waals surface area contributed by atoms with Gasteiger partial charge < -0.3 is 14.6 Å². The van der Waals surface area contributed by atoms with Crippen molar-refractivity contribution in [2.75, 3.05) is 13.7 Å². The molecule has 0 unspecified atom stereocenters. The second kappa shape index (κ2) is 6.20. The summed E-state index contributed by atoms with van der Waals surface area (Å²) in [7, 11) is 1.35. The van der Waals surface area contributed by atoms with E-state index in [0.29, 0.717) is 11.3 Å². The maximum absolute atomic E-state index is 11.5. The van der Waals surface area contributed by atoms with Crippen molar-refractivity contribution < 1.29 is 19.4 Å². The number of carbonyl (C=O) groups is 1. The van der Waals surface area contributed by atoms with Gasteiger partial charge in [0.2, 0.25) is 0 Å². The standard InChI is InChI=1S/C13H17BrO4/c1-13(2,12(16)17-3)8-18-11-5-4-10(14)6-9(11)7-15/h4-6,15H,7-8H2,1-3H3. The molecule has 0 atom stereocenters. The summed E-state index contributed by atoms with van der Waals surface area (Å²) in [5.74, 6) is 0.239. The molecule has 100 valence electrons. The first-order chi connectivity index (χ1) is 8.40. The van der Waals surface area contributed by atoms with Crippen LogP contribution in [0.25, 0.3) is 0 Å². The van der Waals surface area contributed by atoms with Crippen LogP contribution in [0.5, 0.6) is 5.75 Å². The van der Waals surface area contributed by atoms with Gasteiger partial charge >= 0.3 is 5.97 Å². The summed E-state index contributed by atoms with van der Waals surface area (Å²) in [6, 6.07) is 5.35. The van der Waals surface area contributed by atoms with Gasteiger partial charge in [-0.2, -0.15) is 0 Å². The van der Waals surface area contributed by atoms with E-state index < -0.39 is 5.41 Å². The predicted octanol–water partition coefficient (Wildman–Crippen LogP) is 2.52. The van der Waals surface area contributed by atoms with E-state index in [-0.39, 0.29) is 19.2 Å². The molecule has 18 heavy (non-hydrogen) atoms. The maximum Gasteiger partial charge on any atom is 0.314 e. The molecule has 1 aromatic carbocycles. The number of aliphatic hydroxyl groups excluding tert-OH is 1. The molecule has 0 aliphatic rings. The summed E-state index contributed by atoms with van der Waals surface area (Å²) in [6.45, 7) is 3.56. The van der Waals surface area contributed by atoms with Crippen LogP contribution in [0, 0.1) is 5.41 Å². The molecule has 0 saturated heterocycles. The minimum atomic E-state index is -0.728. The Morgan fingerprint density at radius 3 is 2.67 bits per heavy atom. The predicted molar refractivity (Wildman–Crippen MR) is 71.4 cm³/mol. The van der Waals surface area contributed by atoms with Crippen LogP contribution in [0.4, 0.5) is 0 Å². The Morgan fingerprint density at radius 2 is 2.11 bits per heavy atom. The zero-order valence-electron chi connectivity index (χ0n) is 10.7. The Kier molecular flexibility index (Phi) is 5.16. The van der Waals surface area contributed by atoms with E-state index in [1.807, 2.05) is 6.07 Å². The van der Waals surface area contributed by atoms with Crippen LogP contribution in [0.15, 0.2) is 22.7 Å². The fraction of sp³-hybridized carbons (Fsp3) is 0.462. The molecule has 0 heterocycles. The molecule has 0 aliphatic carbocycles. The molecule has 0 saturated carbocycles. The van der Waals surface area contributed by atoms with Gasteiger partial charge in [0.05, 0.1) is 19.1 Å². The highest BCUT2D eigenvalue weighted by Gasteiger charge is 2.30. The summed E-state index contributed by atoms with van der Waals surface area (Å²) in [5, 5.41) is 9.24. The van der Waals surface area contributed by atoms with Crippen LogP contribution in [-0.2, 0) is 16.1 Å². The van der Waals surface area contributed by atoms with Crippen molar-refractivity contribution >= 4 is 21.9 Å². The van der Waals surface area contributed by atoms with Gasteiger partial charge in [-0.1, -0.05) is 15.9 Å². The molecule has 5 heteroatoms. The summed E-state index contributed by atoms with van der Waals surface area (Å²) in [6.07, 6.45) is 0. The number of halogens is 1. The monoisotopic (exact) mass is 316 g/mol. The fourth-order valence-corrected chi connectivity index (χ4v) is 1.81. The van der Waals surface area contributed by atoms with Crippen LogP contribution < -0.4 is 4.74 Å². The number of hydrogen-bond acceptors (Lipinski definition) is 4. The van der Waals surface area contributed by atoms with E-state index in [2.05, 4.69) is 15.9 Å². The Balaban J connectivity index is 2.77. The van der Waals surface area contributed by atoms with E-state index >= 15 is 0 Å². The summed E-state index contributed by atoms with van der Waals surface area (Å²) < 4.78 is 11.2. The zero-order valence-corrected chi connectivity index (χ0v) is 12.3. The Labute approximate surface area is 115 Å². The van der Waals surface area contributed by atoms with Crippen molar-refractivity contribution in [3.05, 3.63) is 28.2 Å². The van der Waals surface area contributed by atoms with Gasteiger partial charge in [-0.05, 0) is 32.0 Å². The van der Waals surface area contributed by atoms with Gasteiger partial charge in [0.15, 0.2) is 0 Å². The van der Waals surface area contributed by atoms with Crippen molar-refractivity contribution in [1.29, 1.82) is 0 Å². The normalized spacial score (nSPS) is 11.2. The summed E-state index contributed by atoms with van der Waals surface area (Å²) in [5.41, 5.74) is -0.0563. The number of esters is 1. The Hall–Kier alpha value is -1.07. The number of methoxy groups -OCH3 is 1. The van der Waals surface area contributed by atoms with E-state index in [4.69, 9.17) is 9.47 Å². The van der Waals surface area contributed by atoms with E-state index in [1.165, 1.54) is 7.11 Å². The molecule has 1 N–H and O–H groups in total. The van der Waals surface area contributed by atoms with E-state index in [1.54, 1.807) is 26.0 Å². The highest BCUT2D eigenvalue weighted by molar-refractivity contribution is 9.10. The molecule has 1 aromatic rings. The summed E-state index contributed by atoms with van der Waals surface area (Å²) >= 11 is 3.32. The van der Waals surface area contributed by atoms with Crippen molar-refractivity contribution in [2.45, 2.75) is 20.5 Å². The first-order valence-electron chi connectivity index (χ1n) is 5.51. The maximum atomic E-state index is 11.5. The molecular weight excluding hydrogens is 300 g/mol. The minimum absolute atomic E-state index is 0.118. The average Bonchev–Trinajstić information content (AvgIpc) is 2.36. The van der Waals surface area contributed by atoms with Gasteiger partial charge in [-0.25, -0.2) is 0 Å². The fourth-order valence-electron chi connectivity index (χ4n) is 1.41. The first kappa shape index (κ1) is 15.0. The molecule has 0 aromatic heterocycles. The molecular formula is C13H17BrO4. The van der Waals surface area contributed by atoms with Gasteiger partial charge in [-0.15, -0.1) is 0 Å². The number of aliphatic hydroxyl groups is 1. The molecule has 0 bridgehead atoms. The van der Waals surface area contributed by atoms with Gasteiger partial charge in [0, 0.05) is 10.0 Å². The van der Waals surface area contributed by atoms with Crippen LogP contribution in [0.1, 0.15) is 19.4 Å². The first-order valence-corrected chi connectivity index (χ1v) is 6.30. The highest BCUT2D eigenvalue weighted by Crippen LogP contribution is 2.26.